The molecule has 0 saturated carbocycles. The summed E-state index contributed by atoms with van der Waals surface area (Å²) >= 11 is 4.47. The number of rotatable bonds is 7. The van der Waals surface area contributed by atoms with Gasteiger partial charge in [-0.25, -0.2) is 13.1 Å². The van der Waals surface area contributed by atoms with Crippen molar-refractivity contribution in [3.05, 3.63) is 54.6 Å². The molecule has 3 rings (SSSR count). The zero-order valence-electron chi connectivity index (χ0n) is 14.5. The van der Waals surface area contributed by atoms with E-state index in [4.69, 9.17) is 4.42 Å². The second-order valence-electron chi connectivity index (χ2n) is 6.36. The summed E-state index contributed by atoms with van der Waals surface area (Å²) in [6, 6.07) is 15.4. The van der Waals surface area contributed by atoms with Gasteiger partial charge in [0.15, 0.2) is 5.58 Å². The molecule has 27 heavy (non-hydrogen) atoms. The van der Waals surface area contributed by atoms with Crippen LogP contribution in [0.4, 0.5) is 6.01 Å². The number of carbonyl (C=O) groups is 1. The van der Waals surface area contributed by atoms with Crippen LogP contribution in [0.25, 0.3) is 11.1 Å². The number of amides is 1. The zero-order chi connectivity index (χ0) is 19.5. The van der Waals surface area contributed by atoms with Crippen LogP contribution < -0.4 is 10.0 Å². The van der Waals surface area contributed by atoms with Gasteiger partial charge in [-0.05, 0) is 31.2 Å². The Morgan fingerprint density at radius 2 is 1.81 bits per heavy atom. The number of thiol groups is 1. The zero-order valence-corrected chi connectivity index (χ0v) is 16.3. The van der Waals surface area contributed by atoms with Gasteiger partial charge in [0.1, 0.15) is 5.52 Å². The summed E-state index contributed by atoms with van der Waals surface area (Å²) < 4.78 is 31.2. The van der Waals surface area contributed by atoms with Crippen molar-refractivity contribution in [3.8, 4) is 0 Å². The number of para-hydroxylation sites is 2. The predicted octanol–water partition coefficient (Wildman–Crippen LogP) is 2.82. The van der Waals surface area contributed by atoms with Gasteiger partial charge in [0, 0.05) is 17.7 Å². The standard InChI is InChI=1S/C18H19N3O4S2/c1-18(26,12-19-17-20-14-9-5-6-10-15(14)25-17)11-16(22)21-27(23,24)13-7-3-2-4-8-13/h2-10,26H,11-12H2,1H3,(H,19,20)(H,21,22). The van der Waals surface area contributed by atoms with Crippen molar-refractivity contribution >= 4 is 45.7 Å². The molecule has 0 aliphatic heterocycles. The molecule has 1 heterocycles. The van der Waals surface area contributed by atoms with Crippen LogP contribution in [0.15, 0.2) is 63.9 Å². The third-order valence-corrected chi connectivity index (χ3v) is 5.46. The van der Waals surface area contributed by atoms with Crippen LogP contribution in [0.2, 0.25) is 0 Å². The number of hydrogen-bond acceptors (Lipinski definition) is 7. The van der Waals surface area contributed by atoms with E-state index >= 15 is 0 Å². The maximum atomic E-state index is 12.2. The number of fused-ring (bicyclic) bond motifs is 1. The van der Waals surface area contributed by atoms with Crippen LogP contribution in [0.1, 0.15) is 13.3 Å². The summed E-state index contributed by atoms with van der Waals surface area (Å²) in [5.41, 5.74) is 1.36. The topological polar surface area (TPSA) is 101 Å². The van der Waals surface area contributed by atoms with Crippen LogP contribution in [0.3, 0.4) is 0 Å². The molecule has 2 N–H and O–H groups in total. The second-order valence-corrected chi connectivity index (χ2v) is 9.12. The van der Waals surface area contributed by atoms with Crippen molar-refractivity contribution < 1.29 is 17.6 Å². The molecule has 0 aliphatic rings. The Morgan fingerprint density at radius 1 is 1.15 bits per heavy atom. The number of nitrogens with one attached hydrogen (secondary N) is 2. The maximum absolute atomic E-state index is 12.2. The Hall–Kier alpha value is -2.52. The Kier molecular flexibility index (Phi) is 5.43. The van der Waals surface area contributed by atoms with E-state index < -0.39 is 20.7 Å². The van der Waals surface area contributed by atoms with Crippen molar-refractivity contribution in [1.82, 2.24) is 9.71 Å². The van der Waals surface area contributed by atoms with E-state index in [1.807, 2.05) is 18.2 Å². The van der Waals surface area contributed by atoms with E-state index in [2.05, 4.69) is 27.7 Å². The lowest BCUT2D eigenvalue weighted by molar-refractivity contribution is -0.119. The van der Waals surface area contributed by atoms with Crippen LogP contribution >= 0.6 is 12.6 Å². The van der Waals surface area contributed by atoms with Crippen molar-refractivity contribution in [2.45, 2.75) is 23.0 Å². The molecule has 9 heteroatoms. The van der Waals surface area contributed by atoms with Crippen molar-refractivity contribution in [2.75, 3.05) is 11.9 Å². The lowest BCUT2D eigenvalue weighted by atomic mass is 10.1. The molecule has 1 atom stereocenters. The quantitative estimate of drug-likeness (QED) is 0.523. The van der Waals surface area contributed by atoms with Gasteiger partial charge in [0.2, 0.25) is 5.91 Å². The van der Waals surface area contributed by atoms with Gasteiger partial charge in [0.05, 0.1) is 4.90 Å². The third kappa shape index (κ3) is 5.01. The molecular formula is C18H19N3O4S2. The summed E-state index contributed by atoms with van der Waals surface area (Å²) in [6.45, 7) is 1.97. The van der Waals surface area contributed by atoms with E-state index in [9.17, 15) is 13.2 Å². The number of oxazole rings is 1. The summed E-state index contributed by atoms with van der Waals surface area (Å²) in [6.07, 6.45) is -0.116. The van der Waals surface area contributed by atoms with Crippen LogP contribution in [0, 0.1) is 0 Å². The van der Waals surface area contributed by atoms with E-state index in [0.29, 0.717) is 17.1 Å². The van der Waals surface area contributed by atoms with E-state index in [-0.39, 0.29) is 17.9 Å². The molecule has 0 saturated heterocycles. The van der Waals surface area contributed by atoms with E-state index in [1.54, 1.807) is 31.2 Å². The number of carbonyl (C=O) groups excluding carboxylic acids is 1. The molecular weight excluding hydrogens is 386 g/mol. The van der Waals surface area contributed by atoms with Gasteiger partial charge in [-0.3, -0.25) is 4.79 Å². The van der Waals surface area contributed by atoms with Crippen molar-refractivity contribution in [2.24, 2.45) is 0 Å². The fourth-order valence-corrected chi connectivity index (χ4v) is 3.69. The molecule has 3 aromatic rings. The first kappa shape index (κ1) is 19.2. The largest absolute Gasteiger partial charge is 0.424 e. The highest BCUT2D eigenvalue weighted by atomic mass is 32.2. The van der Waals surface area contributed by atoms with E-state index in [1.165, 1.54) is 12.1 Å². The van der Waals surface area contributed by atoms with Gasteiger partial charge in [-0.2, -0.15) is 17.6 Å². The molecule has 0 spiro atoms. The minimum absolute atomic E-state index is 0.0313. The molecule has 0 bridgehead atoms. The van der Waals surface area contributed by atoms with Crippen molar-refractivity contribution in [1.29, 1.82) is 0 Å². The molecule has 1 amide bonds. The Labute approximate surface area is 162 Å². The number of hydrogen-bond donors (Lipinski definition) is 3. The smallest absolute Gasteiger partial charge is 0.295 e. The average molecular weight is 406 g/mol. The minimum Gasteiger partial charge on any atom is -0.424 e. The molecule has 0 aliphatic carbocycles. The highest BCUT2D eigenvalue weighted by molar-refractivity contribution is 7.90. The summed E-state index contributed by atoms with van der Waals surface area (Å²) in [5.74, 6) is -0.643. The third-order valence-electron chi connectivity index (χ3n) is 3.76. The van der Waals surface area contributed by atoms with Gasteiger partial charge < -0.3 is 9.73 Å². The Morgan fingerprint density at radius 3 is 2.52 bits per heavy atom. The highest BCUT2D eigenvalue weighted by Crippen LogP contribution is 2.22. The summed E-state index contributed by atoms with van der Waals surface area (Å²) in [5, 5.41) is 2.99. The average Bonchev–Trinajstić information content (AvgIpc) is 3.03. The number of anilines is 1. The fourth-order valence-electron chi connectivity index (χ4n) is 2.47. The number of aromatic nitrogens is 1. The fraction of sp³-hybridized carbons (Fsp3) is 0.222. The number of sulfonamides is 1. The first-order chi connectivity index (χ1) is 12.8. The number of benzene rings is 2. The molecule has 0 fully saturated rings. The Balaban J connectivity index is 1.59. The molecule has 0 radical (unpaired) electrons. The van der Waals surface area contributed by atoms with Crippen LogP contribution in [0.5, 0.6) is 0 Å². The van der Waals surface area contributed by atoms with Gasteiger partial charge in [-0.1, -0.05) is 30.3 Å². The SMILES string of the molecule is CC(S)(CNc1nc2ccccc2o1)CC(=O)NS(=O)(=O)c1ccccc1. The molecule has 142 valence electrons. The normalized spacial score (nSPS) is 13.9. The first-order valence-corrected chi connectivity index (χ1v) is 10.1. The van der Waals surface area contributed by atoms with E-state index in [0.717, 1.165) is 0 Å². The lowest BCUT2D eigenvalue weighted by Crippen LogP contribution is -2.38. The number of nitrogens with zero attached hydrogens (tertiary/aromatic N) is 1. The Bertz CT molecular complexity index is 1010. The van der Waals surface area contributed by atoms with Gasteiger partial charge in [-0.15, -0.1) is 0 Å². The molecule has 2 aromatic carbocycles. The molecule has 1 unspecified atom stereocenters. The van der Waals surface area contributed by atoms with Gasteiger partial charge in [0.25, 0.3) is 16.0 Å². The predicted molar refractivity (Wildman–Crippen MR) is 106 cm³/mol. The van der Waals surface area contributed by atoms with Crippen LogP contribution in [-0.4, -0.2) is 30.6 Å². The van der Waals surface area contributed by atoms with Crippen molar-refractivity contribution in [3.63, 3.8) is 0 Å². The monoisotopic (exact) mass is 405 g/mol. The first-order valence-electron chi connectivity index (χ1n) is 8.18. The lowest BCUT2D eigenvalue weighted by Gasteiger charge is -2.22. The van der Waals surface area contributed by atoms with Gasteiger partial charge >= 0.3 is 0 Å². The highest BCUT2D eigenvalue weighted by Gasteiger charge is 2.27. The molecule has 7 nitrogen and oxygen atoms in total. The second kappa shape index (κ2) is 7.61. The summed E-state index contributed by atoms with van der Waals surface area (Å²) in [7, 11) is -3.90. The molecule has 1 aromatic heterocycles. The minimum atomic E-state index is -3.90. The maximum Gasteiger partial charge on any atom is 0.295 e. The summed E-state index contributed by atoms with van der Waals surface area (Å²) in [4.78, 5) is 16.5. The van der Waals surface area contributed by atoms with Crippen LogP contribution in [-0.2, 0) is 14.8 Å².